The van der Waals surface area contributed by atoms with E-state index in [0.717, 1.165) is 72.3 Å². The van der Waals surface area contributed by atoms with Crippen LogP contribution in [0, 0.1) is 6.57 Å². The Balaban J connectivity index is 1.26. The van der Waals surface area contributed by atoms with E-state index >= 15 is 0 Å². The van der Waals surface area contributed by atoms with E-state index in [0.29, 0.717) is 23.2 Å². The van der Waals surface area contributed by atoms with E-state index in [1.165, 1.54) is 0 Å². The molecule has 50 heavy (non-hydrogen) atoms. The van der Waals surface area contributed by atoms with Crippen LogP contribution in [0.4, 0.5) is 5.69 Å². The molecule has 232 valence electrons. The number of rotatable bonds is 3. The monoisotopic (exact) mass is 638 g/mol. The highest BCUT2D eigenvalue weighted by atomic mass is 16.5. The summed E-state index contributed by atoms with van der Waals surface area (Å²) >= 11 is 0. The van der Waals surface area contributed by atoms with Crippen LogP contribution in [0.2, 0.25) is 0 Å². The number of aromatic nitrogens is 3. The number of hydrogen-bond donors (Lipinski definition) is 0. The highest BCUT2D eigenvalue weighted by Crippen LogP contribution is 2.62. The third-order valence-corrected chi connectivity index (χ3v) is 10.0. The van der Waals surface area contributed by atoms with Gasteiger partial charge in [-0.25, -0.2) is 19.8 Å². The molecule has 10 rings (SSSR count). The summed E-state index contributed by atoms with van der Waals surface area (Å²) < 4.78 is 6.54. The van der Waals surface area contributed by atoms with Crippen LogP contribution in [0.25, 0.3) is 60.9 Å². The molecule has 1 aromatic heterocycles. The molecule has 1 aliphatic heterocycles. The summed E-state index contributed by atoms with van der Waals surface area (Å²) in [4.78, 5) is 19.2. The van der Waals surface area contributed by atoms with Crippen molar-refractivity contribution in [1.29, 1.82) is 0 Å². The molecule has 0 bridgehead atoms. The van der Waals surface area contributed by atoms with Crippen molar-refractivity contribution in [3.8, 4) is 56.8 Å². The molecule has 5 nitrogen and oxygen atoms in total. The molecule has 0 saturated heterocycles. The van der Waals surface area contributed by atoms with Gasteiger partial charge in [0.05, 0.1) is 12.0 Å². The average Bonchev–Trinajstić information content (AvgIpc) is 3.48. The maximum atomic E-state index is 7.90. The minimum absolute atomic E-state index is 0.567. The van der Waals surface area contributed by atoms with Crippen molar-refractivity contribution < 1.29 is 4.74 Å². The highest BCUT2D eigenvalue weighted by molar-refractivity contribution is 5.95. The Bertz CT molecular complexity index is 2710. The first-order valence-electron chi connectivity index (χ1n) is 16.6. The summed E-state index contributed by atoms with van der Waals surface area (Å²) in [6, 6.07) is 53.8. The predicted molar refractivity (Wildman–Crippen MR) is 197 cm³/mol. The van der Waals surface area contributed by atoms with Gasteiger partial charge in [-0.1, -0.05) is 133 Å². The van der Waals surface area contributed by atoms with Gasteiger partial charge in [0.1, 0.15) is 11.5 Å². The average molecular weight is 639 g/mol. The lowest BCUT2D eigenvalue weighted by molar-refractivity contribution is 0.436. The summed E-state index contributed by atoms with van der Waals surface area (Å²) in [6.45, 7) is 7.90. The Labute approximate surface area is 289 Å². The van der Waals surface area contributed by atoms with Gasteiger partial charge in [0.15, 0.2) is 23.2 Å². The molecule has 5 heteroatoms. The van der Waals surface area contributed by atoms with Crippen molar-refractivity contribution in [3.05, 3.63) is 191 Å². The van der Waals surface area contributed by atoms with Gasteiger partial charge in [-0.15, -0.1) is 0 Å². The number of benzene rings is 7. The largest absolute Gasteiger partial charge is 0.457 e. The lowest BCUT2D eigenvalue weighted by Gasteiger charge is -2.39. The molecule has 1 atom stereocenters. The van der Waals surface area contributed by atoms with Gasteiger partial charge in [-0.2, -0.15) is 0 Å². The molecule has 1 spiro atoms. The van der Waals surface area contributed by atoms with Crippen LogP contribution in [0.15, 0.2) is 158 Å². The van der Waals surface area contributed by atoms with Crippen LogP contribution in [0.5, 0.6) is 11.5 Å². The van der Waals surface area contributed by atoms with Crippen molar-refractivity contribution in [1.82, 2.24) is 15.0 Å². The van der Waals surface area contributed by atoms with Gasteiger partial charge in [-0.05, 0) is 57.3 Å². The molecule has 8 aromatic rings. The second-order valence-corrected chi connectivity index (χ2v) is 12.6. The molecule has 0 N–H and O–H groups in total. The van der Waals surface area contributed by atoms with E-state index in [1.54, 1.807) is 0 Å². The van der Waals surface area contributed by atoms with Crippen molar-refractivity contribution in [2.24, 2.45) is 0 Å². The van der Waals surface area contributed by atoms with Crippen molar-refractivity contribution in [2.75, 3.05) is 0 Å². The maximum Gasteiger partial charge on any atom is 0.187 e. The van der Waals surface area contributed by atoms with Crippen LogP contribution in [0.3, 0.4) is 0 Å². The number of hydrogen-bond acceptors (Lipinski definition) is 4. The minimum Gasteiger partial charge on any atom is -0.457 e. The number of nitrogens with zero attached hydrogens (tertiary/aromatic N) is 4. The van der Waals surface area contributed by atoms with E-state index in [9.17, 15) is 0 Å². The minimum atomic E-state index is -0.722. The second kappa shape index (κ2) is 10.8. The van der Waals surface area contributed by atoms with Gasteiger partial charge in [0.25, 0.3) is 0 Å². The molecule has 2 aliphatic rings. The molecule has 1 unspecified atom stereocenters. The molecular formula is C45H26N4O. The zero-order chi connectivity index (χ0) is 33.2. The fraction of sp³-hybridized carbons (Fsp3) is 0.0222. The van der Waals surface area contributed by atoms with Gasteiger partial charge in [-0.3, -0.25) is 0 Å². The highest BCUT2D eigenvalue weighted by Gasteiger charge is 2.51. The molecular weight excluding hydrogens is 613 g/mol. The van der Waals surface area contributed by atoms with Crippen LogP contribution in [-0.2, 0) is 5.41 Å². The fourth-order valence-electron chi connectivity index (χ4n) is 7.86. The maximum absolute atomic E-state index is 7.90. The first-order chi connectivity index (χ1) is 24.7. The van der Waals surface area contributed by atoms with Crippen LogP contribution in [-0.4, -0.2) is 15.0 Å². The van der Waals surface area contributed by atoms with E-state index in [2.05, 4.69) is 89.8 Å². The van der Waals surface area contributed by atoms with Crippen LogP contribution < -0.4 is 4.74 Å². The topological polar surface area (TPSA) is 52.3 Å². The molecule has 1 aliphatic carbocycles. The third-order valence-electron chi connectivity index (χ3n) is 10.0. The Kier molecular flexibility index (Phi) is 6.09. The smallest absolute Gasteiger partial charge is 0.187 e. The van der Waals surface area contributed by atoms with E-state index in [4.69, 9.17) is 26.3 Å². The summed E-state index contributed by atoms with van der Waals surface area (Å²) in [5, 5.41) is 2.21. The van der Waals surface area contributed by atoms with Crippen LogP contribution >= 0.6 is 0 Å². The Morgan fingerprint density at radius 3 is 2.00 bits per heavy atom. The van der Waals surface area contributed by atoms with Crippen molar-refractivity contribution in [3.63, 3.8) is 0 Å². The van der Waals surface area contributed by atoms with E-state index in [1.807, 2.05) is 72.8 Å². The number of ether oxygens (including phenoxy) is 1. The standard InChI is InChI=1S/C45H26N4O/c1-46-31-23-25-41-39(27-31)45(37-20-9-10-21-40(37)50-41)36-19-8-7-17-33(36)34-24-22-30(26-38(34)45)43-47-42(29-13-3-2-4-14-29)48-44(49-43)35-18-11-15-28-12-5-6-16-32(28)35/h2-27H. The van der Waals surface area contributed by atoms with Crippen molar-refractivity contribution >= 4 is 16.5 Å². The third kappa shape index (κ3) is 4.03. The van der Waals surface area contributed by atoms with Gasteiger partial charge in [0, 0.05) is 27.8 Å². The van der Waals surface area contributed by atoms with Gasteiger partial charge >= 0.3 is 0 Å². The first kappa shape index (κ1) is 28.1. The summed E-state index contributed by atoms with van der Waals surface area (Å²) in [5.41, 5.74) is 9.12. The molecule has 7 aromatic carbocycles. The molecule has 0 fully saturated rings. The molecule has 0 radical (unpaired) electrons. The molecule has 0 amide bonds. The molecule has 2 heterocycles. The Morgan fingerprint density at radius 1 is 0.460 bits per heavy atom. The summed E-state index contributed by atoms with van der Waals surface area (Å²) in [6.07, 6.45) is 0. The van der Waals surface area contributed by atoms with Crippen LogP contribution in [0.1, 0.15) is 22.3 Å². The molecule has 0 saturated carbocycles. The zero-order valence-electron chi connectivity index (χ0n) is 26.7. The number of para-hydroxylation sites is 1. The first-order valence-corrected chi connectivity index (χ1v) is 16.6. The van der Waals surface area contributed by atoms with E-state index in [-0.39, 0.29) is 0 Å². The second-order valence-electron chi connectivity index (χ2n) is 12.6. The van der Waals surface area contributed by atoms with Crippen molar-refractivity contribution in [2.45, 2.75) is 5.41 Å². The normalized spacial score (nSPS) is 15.0. The predicted octanol–water partition coefficient (Wildman–Crippen LogP) is 11.0. The van der Waals surface area contributed by atoms with E-state index < -0.39 is 5.41 Å². The quantitative estimate of drug-likeness (QED) is 0.181. The number of fused-ring (bicyclic) bond motifs is 10. The summed E-state index contributed by atoms with van der Waals surface area (Å²) in [7, 11) is 0. The Morgan fingerprint density at radius 2 is 1.12 bits per heavy atom. The lowest BCUT2D eigenvalue weighted by atomic mass is 9.66. The SMILES string of the molecule is [C-]#[N+]c1ccc2c(c1)C1(c3ccccc3O2)c2ccccc2-c2ccc(-c3nc(-c4ccccc4)nc(-c4cccc5ccccc45)n3)cc21. The lowest BCUT2D eigenvalue weighted by Crippen LogP contribution is -2.32. The summed E-state index contributed by atoms with van der Waals surface area (Å²) in [5.74, 6) is 3.36. The van der Waals surface area contributed by atoms with Gasteiger partial charge in [0.2, 0.25) is 0 Å². The van der Waals surface area contributed by atoms with Gasteiger partial charge < -0.3 is 4.74 Å². The fourth-order valence-corrected chi connectivity index (χ4v) is 7.86. The zero-order valence-corrected chi connectivity index (χ0v) is 26.7. The Hall–Kier alpha value is -6.90.